The fourth-order valence-electron chi connectivity index (χ4n) is 1.46. The lowest BCUT2D eigenvalue weighted by molar-refractivity contribution is -0.118. The van der Waals surface area contributed by atoms with Gasteiger partial charge in [0.25, 0.3) is 0 Å². The van der Waals surface area contributed by atoms with Gasteiger partial charge in [0.15, 0.2) is 0 Å². The Labute approximate surface area is 110 Å². The van der Waals surface area contributed by atoms with Gasteiger partial charge in [-0.2, -0.15) is 0 Å². The number of para-hydroxylation sites is 1. The molecule has 0 aromatic heterocycles. The standard InChI is InChI=1S/C14H13NO2S/c16-10-14(17)15-12-8-4-5-9-13(12)18-11-6-2-1-3-7-11/h1-9,16H,10H2,(H,15,17). The minimum Gasteiger partial charge on any atom is -0.387 e. The monoisotopic (exact) mass is 259 g/mol. The van der Waals surface area contributed by atoms with E-state index in [0.29, 0.717) is 5.69 Å². The number of aliphatic hydroxyl groups excluding tert-OH is 1. The van der Waals surface area contributed by atoms with E-state index in [2.05, 4.69) is 5.32 Å². The highest BCUT2D eigenvalue weighted by Gasteiger charge is 2.06. The van der Waals surface area contributed by atoms with Crippen LogP contribution < -0.4 is 5.32 Å². The third-order valence-corrected chi connectivity index (χ3v) is 3.36. The minimum atomic E-state index is -0.510. The molecule has 18 heavy (non-hydrogen) atoms. The van der Waals surface area contributed by atoms with Crippen molar-refractivity contribution in [2.45, 2.75) is 9.79 Å². The van der Waals surface area contributed by atoms with Gasteiger partial charge in [-0.25, -0.2) is 0 Å². The molecule has 2 aromatic carbocycles. The molecule has 0 heterocycles. The average Bonchev–Trinajstić information content (AvgIpc) is 2.42. The predicted molar refractivity (Wildman–Crippen MR) is 72.7 cm³/mol. The molecule has 92 valence electrons. The van der Waals surface area contributed by atoms with Crippen LogP contribution in [0.4, 0.5) is 5.69 Å². The highest BCUT2D eigenvalue weighted by Crippen LogP contribution is 2.32. The minimum absolute atomic E-state index is 0.406. The number of carbonyl (C=O) groups excluding carboxylic acids is 1. The lowest BCUT2D eigenvalue weighted by Crippen LogP contribution is -2.15. The molecule has 0 aliphatic heterocycles. The van der Waals surface area contributed by atoms with E-state index < -0.39 is 12.5 Å². The Morgan fingerprint density at radius 3 is 2.44 bits per heavy atom. The van der Waals surface area contributed by atoms with Crippen molar-refractivity contribution in [1.82, 2.24) is 0 Å². The van der Waals surface area contributed by atoms with Crippen LogP contribution in [-0.4, -0.2) is 17.6 Å². The average molecular weight is 259 g/mol. The summed E-state index contributed by atoms with van der Waals surface area (Å²) < 4.78 is 0. The van der Waals surface area contributed by atoms with E-state index in [1.54, 1.807) is 11.8 Å². The fourth-order valence-corrected chi connectivity index (χ4v) is 2.39. The SMILES string of the molecule is O=C(CO)Nc1ccccc1Sc1ccccc1. The van der Waals surface area contributed by atoms with Crippen LogP contribution in [-0.2, 0) is 4.79 Å². The summed E-state index contributed by atoms with van der Waals surface area (Å²) in [6.45, 7) is -0.510. The van der Waals surface area contributed by atoms with Crippen molar-refractivity contribution in [1.29, 1.82) is 0 Å². The molecular formula is C14H13NO2S. The van der Waals surface area contributed by atoms with Gasteiger partial charge in [0.1, 0.15) is 6.61 Å². The third kappa shape index (κ3) is 3.35. The Morgan fingerprint density at radius 1 is 1.06 bits per heavy atom. The van der Waals surface area contributed by atoms with E-state index in [-0.39, 0.29) is 0 Å². The lowest BCUT2D eigenvalue weighted by Gasteiger charge is -2.09. The van der Waals surface area contributed by atoms with E-state index in [4.69, 9.17) is 5.11 Å². The van der Waals surface area contributed by atoms with Gasteiger partial charge in [-0.15, -0.1) is 0 Å². The highest BCUT2D eigenvalue weighted by atomic mass is 32.2. The van der Waals surface area contributed by atoms with Crippen LogP contribution >= 0.6 is 11.8 Å². The molecule has 1 amide bonds. The molecule has 0 radical (unpaired) electrons. The summed E-state index contributed by atoms with van der Waals surface area (Å²) in [6.07, 6.45) is 0. The van der Waals surface area contributed by atoms with Crippen molar-refractivity contribution in [2.75, 3.05) is 11.9 Å². The maximum absolute atomic E-state index is 11.2. The van der Waals surface area contributed by atoms with Gasteiger partial charge in [0.2, 0.25) is 5.91 Å². The Balaban J connectivity index is 2.20. The summed E-state index contributed by atoms with van der Waals surface area (Å²) in [5.74, 6) is -0.406. The van der Waals surface area contributed by atoms with Gasteiger partial charge in [-0.1, -0.05) is 42.1 Å². The number of benzene rings is 2. The van der Waals surface area contributed by atoms with Crippen molar-refractivity contribution in [2.24, 2.45) is 0 Å². The third-order valence-electron chi connectivity index (χ3n) is 2.28. The molecule has 0 spiro atoms. The zero-order valence-electron chi connectivity index (χ0n) is 9.67. The van der Waals surface area contributed by atoms with Gasteiger partial charge in [-0.05, 0) is 24.3 Å². The lowest BCUT2D eigenvalue weighted by atomic mass is 10.3. The molecule has 0 atom stereocenters. The van der Waals surface area contributed by atoms with E-state index in [1.165, 1.54) is 0 Å². The molecule has 0 aliphatic rings. The number of carbonyl (C=O) groups is 1. The first-order valence-electron chi connectivity index (χ1n) is 5.52. The van der Waals surface area contributed by atoms with Crippen molar-refractivity contribution in [3.63, 3.8) is 0 Å². The molecule has 4 heteroatoms. The molecule has 0 bridgehead atoms. The second kappa shape index (κ2) is 6.23. The molecule has 2 N–H and O–H groups in total. The van der Waals surface area contributed by atoms with Crippen LogP contribution in [0, 0.1) is 0 Å². The first kappa shape index (κ1) is 12.7. The summed E-state index contributed by atoms with van der Waals surface area (Å²) in [4.78, 5) is 13.3. The molecule has 2 aromatic rings. The predicted octanol–water partition coefficient (Wildman–Crippen LogP) is 2.77. The quantitative estimate of drug-likeness (QED) is 0.887. The first-order chi connectivity index (χ1) is 8.79. The number of rotatable bonds is 4. The second-order valence-corrected chi connectivity index (χ2v) is 4.73. The van der Waals surface area contributed by atoms with Crippen molar-refractivity contribution >= 4 is 23.4 Å². The normalized spacial score (nSPS) is 10.1. The maximum atomic E-state index is 11.2. The number of amides is 1. The summed E-state index contributed by atoms with van der Waals surface area (Å²) in [7, 11) is 0. The summed E-state index contributed by atoms with van der Waals surface area (Å²) in [5.41, 5.74) is 0.713. The van der Waals surface area contributed by atoms with Gasteiger partial charge in [0, 0.05) is 9.79 Å². The summed E-state index contributed by atoms with van der Waals surface area (Å²) >= 11 is 1.57. The zero-order valence-corrected chi connectivity index (χ0v) is 10.5. The van der Waals surface area contributed by atoms with Crippen LogP contribution in [0.2, 0.25) is 0 Å². The van der Waals surface area contributed by atoms with E-state index >= 15 is 0 Å². The maximum Gasteiger partial charge on any atom is 0.250 e. The first-order valence-corrected chi connectivity index (χ1v) is 6.34. The van der Waals surface area contributed by atoms with Gasteiger partial charge >= 0.3 is 0 Å². The molecule has 0 unspecified atom stereocenters. The smallest absolute Gasteiger partial charge is 0.250 e. The van der Waals surface area contributed by atoms with Gasteiger partial charge < -0.3 is 10.4 Å². The highest BCUT2D eigenvalue weighted by molar-refractivity contribution is 7.99. The summed E-state index contributed by atoms with van der Waals surface area (Å²) in [6, 6.07) is 17.4. The molecule has 0 saturated carbocycles. The number of hydrogen-bond acceptors (Lipinski definition) is 3. The van der Waals surface area contributed by atoms with Crippen LogP contribution in [0.1, 0.15) is 0 Å². The Kier molecular flexibility index (Phi) is 4.39. The molecule has 0 saturated heterocycles. The van der Waals surface area contributed by atoms with Crippen molar-refractivity contribution < 1.29 is 9.90 Å². The number of anilines is 1. The van der Waals surface area contributed by atoms with Crippen LogP contribution in [0.3, 0.4) is 0 Å². The summed E-state index contributed by atoms with van der Waals surface area (Å²) in [5, 5.41) is 11.4. The topological polar surface area (TPSA) is 49.3 Å². The van der Waals surface area contributed by atoms with Crippen molar-refractivity contribution in [3.05, 3.63) is 54.6 Å². The largest absolute Gasteiger partial charge is 0.387 e. The molecule has 0 fully saturated rings. The second-order valence-electron chi connectivity index (χ2n) is 3.62. The van der Waals surface area contributed by atoms with Gasteiger partial charge in [-0.3, -0.25) is 4.79 Å². The van der Waals surface area contributed by atoms with Crippen LogP contribution in [0.25, 0.3) is 0 Å². The molecule has 0 aliphatic carbocycles. The Hall–Kier alpha value is -1.78. The van der Waals surface area contributed by atoms with Gasteiger partial charge in [0.05, 0.1) is 5.69 Å². The van der Waals surface area contributed by atoms with E-state index in [9.17, 15) is 4.79 Å². The van der Waals surface area contributed by atoms with Crippen LogP contribution in [0.5, 0.6) is 0 Å². The zero-order chi connectivity index (χ0) is 12.8. The Bertz CT molecular complexity index is 528. The number of aliphatic hydroxyl groups is 1. The van der Waals surface area contributed by atoms with E-state index in [1.807, 2.05) is 54.6 Å². The van der Waals surface area contributed by atoms with Crippen molar-refractivity contribution in [3.8, 4) is 0 Å². The van der Waals surface area contributed by atoms with Crippen LogP contribution in [0.15, 0.2) is 64.4 Å². The number of nitrogens with one attached hydrogen (secondary N) is 1. The molecule has 2 rings (SSSR count). The Morgan fingerprint density at radius 2 is 1.72 bits per heavy atom. The van der Waals surface area contributed by atoms with E-state index in [0.717, 1.165) is 9.79 Å². The molecular weight excluding hydrogens is 246 g/mol. The molecule has 3 nitrogen and oxygen atoms in total. The fraction of sp³-hybridized carbons (Fsp3) is 0.0714. The number of hydrogen-bond donors (Lipinski definition) is 2.